The number of nitrogens with zero attached hydrogens (tertiary/aromatic N) is 2. The van der Waals surface area contributed by atoms with Crippen LogP contribution in [0, 0.1) is 10.8 Å². The van der Waals surface area contributed by atoms with Crippen LogP contribution >= 0.6 is 0 Å². The van der Waals surface area contributed by atoms with Gasteiger partial charge in [-0.2, -0.15) is 0 Å². The number of carbonyl (C=O) groups is 3. The van der Waals surface area contributed by atoms with Crippen molar-refractivity contribution in [3.63, 3.8) is 0 Å². The van der Waals surface area contributed by atoms with E-state index in [4.69, 9.17) is 10.2 Å². The molecule has 0 aromatic carbocycles. The first-order chi connectivity index (χ1) is 9.14. The van der Waals surface area contributed by atoms with Crippen LogP contribution in [0.4, 0.5) is 0 Å². The second-order valence-electron chi connectivity index (χ2n) is 6.53. The zero-order chi connectivity index (χ0) is 15.1. The number of aliphatic carboxylic acids is 2. The van der Waals surface area contributed by atoms with Crippen molar-refractivity contribution >= 4 is 17.7 Å². The zero-order valence-electron chi connectivity index (χ0n) is 11.8. The van der Waals surface area contributed by atoms with Crippen molar-refractivity contribution in [1.29, 1.82) is 0 Å². The minimum absolute atomic E-state index is 0.0859. The van der Waals surface area contributed by atoms with E-state index in [0.29, 0.717) is 26.2 Å². The maximum absolute atomic E-state index is 12.6. The number of carboxylic acid groups (broad SMARTS) is 2. The molecule has 2 heterocycles. The van der Waals surface area contributed by atoms with E-state index in [1.165, 1.54) is 0 Å². The second kappa shape index (κ2) is 4.82. The smallest absolute Gasteiger partial charge is 0.317 e. The molecule has 2 aliphatic rings. The van der Waals surface area contributed by atoms with Crippen LogP contribution in [0.3, 0.4) is 0 Å². The SMILES string of the molecule is CC12CN(CC(=O)O)CC(C)(CN(CC(=O)O)C1)C2=O. The minimum Gasteiger partial charge on any atom is -0.480 e. The number of hydrogen-bond acceptors (Lipinski definition) is 5. The summed E-state index contributed by atoms with van der Waals surface area (Å²) >= 11 is 0. The molecule has 0 unspecified atom stereocenters. The summed E-state index contributed by atoms with van der Waals surface area (Å²) in [4.78, 5) is 37.9. The molecular weight excluding hydrogens is 264 g/mol. The summed E-state index contributed by atoms with van der Waals surface area (Å²) in [7, 11) is 0. The Hall–Kier alpha value is -1.47. The summed E-state index contributed by atoms with van der Waals surface area (Å²) in [5.74, 6) is -1.70. The molecule has 2 bridgehead atoms. The topological polar surface area (TPSA) is 98.2 Å². The Balaban J connectivity index is 2.22. The molecule has 0 saturated carbocycles. The molecule has 0 radical (unpaired) electrons. The highest BCUT2D eigenvalue weighted by Gasteiger charge is 2.55. The van der Waals surface area contributed by atoms with Crippen LogP contribution < -0.4 is 0 Å². The van der Waals surface area contributed by atoms with E-state index in [-0.39, 0.29) is 18.9 Å². The monoisotopic (exact) mass is 284 g/mol. The number of fused-ring (bicyclic) bond motifs is 2. The van der Waals surface area contributed by atoms with Gasteiger partial charge in [-0.3, -0.25) is 24.2 Å². The Bertz CT molecular complexity index is 410. The van der Waals surface area contributed by atoms with E-state index in [0.717, 1.165) is 0 Å². The first-order valence-corrected chi connectivity index (χ1v) is 6.58. The Kier molecular flexibility index (Phi) is 3.60. The molecule has 20 heavy (non-hydrogen) atoms. The largest absolute Gasteiger partial charge is 0.480 e. The van der Waals surface area contributed by atoms with Crippen LogP contribution in [-0.4, -0.2) is 77.0 Å². The molecule has 0 atom stereocenters. The Morgan fingerprint density at radius 2 is 1.25 bits per heavy atom. The van der Waals surface area contributed by atoms with Gasteiger partial charge in [0.05, 0.1) is 23.9 Å². The van der Waals surface area contributed by atoms with Crippen LogP contribution in [-0.2, 0) is 14.4 Å². The molecule has 112 valence electrons. The summed E-state index contributed by atoms with van der Waals surface area (Å²) in [5.41, 5.74) is -1.40. The summed E-state index contributed by atoms with van der Waals surface area (Å²) in [6, 6.07) is 0. The van der Waals surface area contributed by atoms with Gasteiger partial charge in [0.2, 0.25) is 0 Å². The fourth-order valence-electron chi connectivity index (χ4n) is 3.81. The van der Waals surface area contributed by atoms with Crippen LogP contribution in [0.15, 0.2) is 0 Å². The number of ketones is 1. The molecule has 0 amide bonds. The maximum Gasteiger partial charge on any atom is 0.317 e. The van der Waals surface area contributed by atoms with E-state index in [1.54, 1.807) is 23.6 Å². The highest BCUT2D eigenvalue weighted by Crippen LogP contribution is 2.42. The van der Waals surface area contributed by atoms with E-state index in [1.807, 2.05) is 0 Å². The second-order valence-corrected chi connectivity index (χ2v) is 6.53. The summed E-state index contributed by atoms with van der Waals surface area (Å²) < 4.78 is 0. The molecule has 2 N–H and O–H groups in total. The molecule has 2 rings (SSSR count). The average Bonchev–Trinajstić information content (AvgIpc) is 2.21. The van der Waals surface area contributed by atoms with Crippen molar-refractivity contribution in [2.45, 2.75) is 13.8 Å². The van der Waals surface area contributed by atoms with Crippen molar-refractivity contribution in [3.8, 4) is 0 Å². The number of hydrogen-bond donors (Lipinski definition) is 2. The van der Waals surface area contributed by atoms with Crippen molar-refractivity contribution in [2.24, 2.45) is 10.8 Å². The van der Waals surface area contributed by atoms with E-state index >= 15 is 0 Å². The predicted octanol–water partition coefficient (Wildman–Crippen LogP) is -0.631. The fourth-order valence-corrected chi connectivity index (χ4v) is 3.81. The number of carboxylic acids is 2. The molecule has 2 saturated heterocycles. The van der Waals surface area contributed by atoms with Gasteiger partial charge in [0.15, 0.2) is 0 Å². The third kappa shape index (κ3) is 2.69. The fraction of sp³-hybridized carbons (Fsp3) is 0.769. The Morgan fingerprint density at radius 1 is 0.950 bits per heavy atom. The third-order valence-corrected chi connectivity index (χ3v) is 4.10. The lowest BCUT2D eigenvalue weighted by molar-refractivity contribution is -0.163. The van der Waals surface area contributed by atoms with Crippen molar-refractivity contribution in [3.05, 3.63) is 0 Å². The van der Waals surface area contributed by atoms with Gasteiger partial charge in [-0.15, -0.1) is 0 Å². The quantitative estimate of drug-likeness (QED) is 0.709. The Morgan fingerprint density at radius 3 is 1.50 bits per heavy atom. The first kappa shape index (κ1) is 14.9. The number of rotatable bonds is 4. The van der Waals surface area contributed by atoms with E-state index in [9.17, 15) is 14.4 Å². The van der Waals surface area contributed by atoms with E-state index < -0.39 is 22.8 Å². The number of Topliss-reactive ketones (excluding diaryl/α,β-unsaturated/α-hetero) is 1. The van der Waals surface area contributed by atoms with Gasteiger partial charge in [0.25, 0.3) is 0 Å². The lowest BCUT2D eigenvalue weighted by Gasteiger charge is -2.54. The van der Waals surface area contributed by atoms with Gasteiger partial charge in [-0.1, -0.05) is 13.8 Å². The third-order valence-electron chi connectivity index (χ3n) is 4.10. The molecule has 2 aliphatic heterocycles. The molecule has 0 spiro atoms. The number of piperidine rings is 2. The van der Waals surface area contributed by atoms with Crippen LogP contribution in [0.1, 0.15) is 13.8 Å². The molecule has 7 nitrogen and oxygen atoms in total. The van der Waals surface area contributed by atoms with Crippen molar-refractivity contribution < 1.29 is 24.6 Å². The normalized spacial score (nSPS) is 35.0. The van der Waals surface area contributed by atoms with Gasteiger partial charge in [0.1, 0.15) is 5.78 Å². The van der Waals surface area contributed by atoms with Gasteiger partial charge in [-0.25, -0.2) is 0 Å². The molecule has 7 heteroatoms. The summed E-state index contributed by atoms with van der Waals surface area (Å²) in [6.07, 6.45) is 0. The van der Waals surface area contributed by atoms with Gasteiger partial charge >= 0.3 is 11.9 Å². The lowest BCUT2D eigenvalue weighted by Crippen LogP contribution is -2.68. The maximum atomic E-state index is 12.6. The molecule has 0 aromatic heterocycles. The predicted molar refractivity (Wildman–Crippen MR) is 69.4 cm³/mol. The van der Waals surface area contributed by atoms with Crippen molar-refractivity contribution in [2.75, 3.05) is 39.3 Å². The highest BCUT2D eigenvalue weighted by molar-refractivity contribution is 5.92. The lowest BCUT2D eigenvalue weighted by atomic mass is 9.64. The molecule has 0 aliphatic carbocycles. The van der Waals surface area contributed by atoms with Crippen LogP contribution in [0.2, 0.25) is 0 Å². The van der Waals surface area contributed by atoms with Crippen LogP contribution in [0.5, 0.6) is 0 Å². The number of likely N-dealkylation sites (tertiary alicyclic amines) is 2. The summed E-state index contributed by atoms with van der Waals surface area (Å²) in [5, 5.41) is 17.8. The van der Waals surface area contributed by atoms with Gasteiger partial charge < -0.3 is 10.2 Å². The molecule has 2 fully saturated rings. The zero-order valence-corrected chi connectivity index (χ0v) is 11.8. The first-order valence-electron chi connectivity index (χ1n) is 6.58. The molecule has 0 aromatic rings. The number of carbonyl (C=O) groups excluding carboxylic acids is 1. The summed E-state index contributed by atoms with van der Waals surface area (Å²) in [6.45, 7) is 4.89. The average molecular weight is 284 g/mol. The van der Waals surface area contributed by atoms with Gasteiger partial charge in [0, 0.05) is 26.2 Å². The van der Waals surface area contributed by atoms with E-state index in [2.05, 4.69) is 0 Å². The van der Waals surface area contributed by atoms with Crippen LogP contribution in [0.25, 0.3) is 0 Å². The standard InChI is InChI=1S/C13H20N2O5/c1-12-5-14(3-9(16)17)7-13(2,11(12)20)8-15(6-12)4-10(18)19/h3-8H2,1-2H3,(H,16,17)(H,18,19). The molecular formula is C13H20N2O5. The minimum atomic E-state index is -0.910. The Labute approximate surface area is 117 Å². The van der Waals surface area contributed by atoms with Crippen molar-refractivity contribution in [1.82, 2.24) is 9.80 Å². The highest BCUT2D eigenvalue weighted by atomic mass is 16.4. The van der Waals surface area contributed by atoms with Gasteiger partial charge in [-0.05, 0) is 0 Å².